The third kappa shape index (κ3) is 6.53. The fraction of sp³-hybridized carbons (Fsp3) is 0.343. The van der Waals surface area contributed by atoms with Gasteiger partial charge in [0, 0.05) is 19.5 Å². The molecule has 3 aromatic carbocycles. The highest BCUT2D eigenvalue weighted by Gasteiger charge is 2.41. The van der Waals surface area contributed by atoms with E-state index in [-0.39, 0.29) is 29.7 Å². The molecule has 10 heteroatoms. The number of carbonyl (C=O) groups excluding carboxylic acids is 4. The summed E-state index contributed by atoms with van der Waals surface area (Å²) in [7, 11) is 0. The fourth-order valence-corrected chi connectivity index (χ4v) is 8.02. The van der Waals surface area contributed by atoms with Crippen molar-refractivity contribution in [3.8, 4) is 0 Å². The standard InChI is InChI=1S/C35H35N3O5S2/c1-22-17-23(2)20-36(19-22)35(44)45-30-18-31(39)37(33(30)41)27-15-13-26(14-16-27)34(42)43-21-32(40)38-28-9-5-3-7-24(28)11-12-25-8-4-6-10-29(25)38/h3-10,13-16,22-23,30H,11-12,17-21H2,1-2H3/t22-,23+,30-/m1/s1. The van der Waals surface area contributed by atoms with Crippen LogP contribution in [0.5, 0.6) is 0 Å². The normalized spacial score (nSPS) is 21.2. The summed E-state index contributed by atoms with van der Waals surface area (Å²) in [6.07, 6.45) is 2.82. The van der Waals surface area contributed by atoms with Crippen LogP contribution in [0, 0.1) is 11.8 Å². The molecule has 0 saturated carbocycles. The second kappa shape index (κ2) is 13.1. The molecule has 232 valence electrons. The average molecular weight is 642 g/mol. The molecule has 0 unspecified atom stereocenters. The van der Waals surface area contributed by atoms with Crippen molar-refractivity contribution >= 4 is 69.1 Å². The molecular weight excluding hydrogens is 607 g/mol. The smallest absolute Gasteiger partial charge is 0.338 e. The lowest BCUT2D eigenvalue weighted by Crippen LogP contribution is -2.41. The first-order valence-corrected chi connectivity index (χ1v) is 16.6. The van der Waals surface area contributed by atoms with E-state index in [1.54, 1.807) is 17.0 Å². The van der Waals surface area contributed by atoms with Gasteiger partial charge in [-0.15, -0.1) is 0 Å². The van der Waals surface area contributed by atoms with Gasteiger partial charge in [-0.25, -0.2) is 9.69 Å². The van der Waals surface area contributed by atoms with Gasteiger partial charge in [0.2, 0.25) is 11.8 Å². The van der Waals surface area contributed by atoms with Crippen LogP contribution in [0.1, 0.15) is 48.2 Å². The van der Waals surface area contributed by atoms with Crippen LogP contribution in [0.3, 0.4) is 0 Å². The van der Waals surface area contributed by atoms with Crippen LogP contribution in [0.15, 0.2) is 72.8 Å². The van der Waals surface area contributed by atoms with E-state index < -0.39 is 17.8 Å². The molecular formula is C35H35N3O5S2. The number of esters is 1. The highest BCUT2D eigenvalue weighted by Crippen LogP contribution is 2.36. The number of nitrogens with zero attached hydrogens (tertiary/aromatic N) is 3. The Bertz CT molecular complexity index is 1600. The summed E-state index contributed by atoms with van der Waals surface area (Å²) in [5.41, 5.74) is 4.25. The predicted molar refractivity (Wildman–Crippen MR) is 180 cm³/mol. The number of rotatable bonds is 5. The summed E-state index contributed by atoms with van der Waals surface area (Å²) < 4.78 is 6.11. The van der Waals surface area contributed by atoms with E-state index in [0.717, 1.165) is 59.8 Å². The highest BCUT2D eigenvalue weighted by molar-refractivity contribution is 8.23. The number of para-hydroxylation sites is 2. The number of thiocarbonyl (C=S) groups is 1. The van der Waals surface area contributed by atoms with Crippen LogP contribution in [-0.2, 0) is 32.0 Å². The number of hydrogen-bond acceptors (Lipinski definition) is 7. The van der Waals surface area contributed by atoms with E-state index in [0.29, 0.717) is 21.8 Å². The molecule has 8 nitrogen and oxygen atoms in total. The van der Waals surface area contributed by atoms with Gasteiger partial charge in [0.15, 0.2) is 6.61 Å². The summed E-state index contributed by atoms with van der Waals surface area (Å²) >= 11 is 6.95. The van der Waals surface area contributed by atoms with Gasteiger partial charge in [-0.1, -0.05) is 74.2 Å². The Morgan fingerprint density at radius 2 is 1.44 bits per heavy atom. The van der Waals surface area contributed by atoms with Gasteiger partial charge in [0.25, 0.3) is 5.91 Å². The number of aryl methyl sites for hydroxylation is 2. The van der Waals surface area contributed by atoms with E-state index in [1.807, 2.05) is 48.5 Å². The lowest BCUT2D eigenvalue weighted by molar-refractivity contribution is -0.122. The Labute approximate surface area is 272 Å². The van der Waals surface area contributed by atoms with Crippen molar-refractivity contribution in [2.75, 3.05) is 29.5 Å². The van der Waals surface area contributed by atoms with Crippen LogP contribution < -0.4 is 9.80 Å². The van der Waals surface area contributed by atoms with Crippen molar-refractivity contribution in [2.24, 2.45) is 11.8 Å². The molecule has 0 bridgehead atoms. The van der Waals surface area contributed by atoms with E-state index in [9.17, 15) is 19.2 Å². The van der Waals surface area contributed by atoms with E-state index in [1.165, 1.54) is 23.9 Å². The molecule has 2 fully saturated rings. The minimum absolute atomic E-state index is 0.0667. The Balaban J connectivity index is 1.09. The zero-order valence-electron chi connectivity index (χ0n) is 25.3. The van der Waals surface area contributed by atoms with Crippen molar-refractivity contribution < 1.29 is 23.9 Å². The predicted octanol–water partition coefficient (Wildman–Crippen LogP) is 5.93. The van der Waals surface area contributed by atoms with Crippen LogP contribution in [0.25, 0.3) is 0 Å². The number of amides is 3. The topological polar surface area (TPSA) is 87.2 Å². The third-order valence-corrected chi connectivity index (χ3v) is 10.2. The average Bonchev–Trinajstić information content (AvgIpc) is 3.20. The van der Waals surface area contributed by atoms with E-state index in [4.69, 9.17) is 17.0 Å². The van der Waals surface area contributed by atoms with Crippen LogP contribution in [-0.4, -0.2) is 57.9 Å². The lowest BCUT2D eigenvalue weighted by atomic mass is 9.92. The number of piperidine rings is 1. The largest absolute Gasteiger partial charge is 0.452 e. The molecule has 0 aliphatic carbocycles. The lowest BCUT2D eigenvalue weighted by Gasteiger charge is -2.36. The highest BCUT2D eigenvalue weighted by atomic mass is 32.2. The molecule has 45 heavy (non-hydrogen) atoms. The summed E-state index contributed by atoms with van der Waals surface area (Å²) in [4.78, 5) is 57.6. The molecule has 6 rings (SSSR count). The van der Waals surface area contributed by atoms with Crippen LogP contribution in [0.2, 0.25) is 0 Å². The minimum Gasteiger partial charge on any atom is -0.452 e. The molecule has 0 aromatic heterocycles. The Hall–Kier alpha value is -4.02. The molecule has 3 aliphatic rings. The second-order valence-electron chi connectivity index (χ2n) is 12.1. The number of likely N-dealkylation sites (tertiary alicyclic amines) is 1. The SMILES string of the molecule is C[C@@H]1C[C@H](C)CN(C(=S)S[C@@H]2CC(=O)N(c3ccc(C(=O)OCC(=O)N4c5ccccc5CCc5ccccc54)cc3)C2=O)C1. The van der Waals surface area contributed by atoms with Crippen molar-refractivity contribution in [1.82, 2.24) is 4.90 Å². The van der Waals surface area contributed by atoms with E-state index in [2.05, 4.69) is 18.7 Å². The maximum Gasteiger partial charge on any atom is 0.338 e. The Morgan fingerprint density at radius 3 is 2.04 bits per heavy atom. The molecule has 3 heterocycles. The second-order valence-corrected chi connectivity index (χ2v) is 13.9. The fourth-order valence-electron chi connectivity index (χ4n) is 6.55. The number of ether oxygens (including phenoxy) is 1. The van der Waals surface area contributed by atoms with Gasteiger partial charge in [-0.3, -0.25) is 19.3 Å². The van der Waals surface area contributed by atoms with Crippen molar-refractivity contribution in [1.29, 1.82) is 0 Å². The summed E-state index contributed by atoms with van der Waals surface area (Å²) in [6.45, 7) is 5.67. The van der Waals surface area contributed by atoms with Gasteiger partial charge < -0.3 is 9.64 Å². The maximum atomic E-state index is 13.5. The number of thioether (sulfide) groups is 1. The molecule has 0 N–H and O–H groups in total. The van der Waals surface area contributed by atoms with Gasteiger partial charge in [-0.2, -0.15) is 0 Å². The zero-order valence-corrected chi connectivity index (χ0v) is 26.9. The third-order valence-electron chi connectivity index (χ3n) is 8.54. The maximum absolute atomic E-state index is 13.5. The Morgan fingerprint density at radius 1 is 0.867 bits per heavy atom. The number of fused-ring (bicyclic) bond motifs is 2. The number of anilines is 3. The van der Waals surface area contributed by atoms with Crippen LogP contribution in [0.4, 0.5) is 17.1 Å². The molecule has 0 radical (unpaired) electrons. The van der Waals surface area contributed by atoms with Gasteiger partial charge in [-0.05, 0) is 78.6 Å². The first-order valence-electron chi connectivity index (χ1n) is 15.3. The van der Waals surface area contributed by atoms with Gasteiger partial charge in [0.1, 0.15) is 9.57 Å². The van der Waals surface area contributed by atoms with Crippen molar-refractivity contribution in [3.63, 3.8) is 0 Å². The number of benzene rings is 3. The number of carbonyl (C=O) groups is 4. The molecule has 3 aromatic rings. The Kier molecular flexibility index (Phi) is 9.05. The number of hydrogen-bond donors (Lipinski definition) is 0. The van der Waals surface area contributed by atoms with Gasteiger partial charge in [0.05, 0.1) is 22.6 Å². The number of imide groups is 1. The van der Waals surface area contributed by atoms with Gasteiger partial charge >= 0.3 is 5.97 Å². The summed E-state index contributed by atoms with van der Waals surface area (Å²) in [6, 6.07) is 21.6. The molecule has 2 saturated heterocycles. The monoisotopic (exact) mass is 641 g/mol. The first-order chi connectivity index (χ1) is 21.7. The first kappa shape index (κ1) is 31.0. The molecule has 3 aliphatic heterocycles. The van der Waals surface area contributed by atoms with E-state index >= 15 is 0 Å². The summed E-state index contributed by atoms with van der Waals surface area (Å²) in [5.74, 6) is -0.602. The van der Waals surface area contributed by atoms with Crippen molar-refractivity contribution in [2.45, 2.75) is 44.8 Å². The molecule has 3 atom stereocenters. The van der Waals surface area contributed by atoms with Crippen molar-refractivity contribution in [3.05, 3.63) is 89.5 Å². The zero-order chi connectivity index (χ0) is 31.7. The summed E-state index contributed by atoms with van der Waals surface area (Å²) in [5, 5.41) is -0.581. The quantitative estimate of drug-likeness (QED) is 0.192. The molecule has 0 spiro atoms. The molecule has 3 amide bonds. The minimum atomic E-state index is -0.672. The van der Waals surface area contributed by atoms with Crippen LogP contribution >= 0.6 is 24.0 Å².